The topological polar surface area (TPSA) is 47.0 Å². The van der Waals surface area contributed by atoms with Crippen LogP contribution in [0.4, 0.5) is 0 Å². The molecule has 1 aromatic heterocycles. The van der Waals surface area contributed by atoms with Gasteiger partial charge in [-0.15, -0.1) is 5.10 Å². The average Bonchev–Trinajstić information content (AvgIpc) is 2.43. The van der Waals surface area contributed by atoms with Crippen molar-refractivity contribution < 1.29 is 4.74 Å². The van der Waals surface area contributed by atoms with E-state index < -0.39 is 0 Å². The van der Waals surface area contributed by atoms with Crippen LogP contribution in [-0.2, 0) is 6.54 Å². The maximum absolute atomic E-state index is 5.84. The van der Waals surface area contributed by atoms with Crippen LogP contribution >= 0.6 is 0 Å². The SMILES string of the molecule is CNCc1ccc(Oc2cc(C(C)C)ccc2C)nn1. The molecule has 1 aromatic carbocycles. The fourth-order valence-corrected chi connectivity index (χ4v) is 1.88. The summed E-state index contributed by atoms with van der Waals surface area (Å²) in [5.74, 6) is 1.84. The second-order valence-electron chi connectivity index (χ2n) is 5.17. The van der Waals surface area contributed by atoms with E-state index in [4.69, 9.17) is 4.74 Å². The van der Waals surface area contributed by atoms with Gasteiger partial charge in [0.2, 0.25) is 5.88 Å². The van der Waals surface area contributed by atoms with Gasteiger partial charge in [-0.2, -0.15) is 5.10 Å². The lowest BCUT2D eigenvalue weighted by atomic mass is 10.0. The van der Waals surface area contributed by atoms with E-state index in [1.165, 1.54) is 5.56 Å². The van der Waals surface area contributed by atoms with Gasteiger partial charge in [0, 0.05) is 12.6 Å². The van der Waals surface area contributed by atoms with Crippen LogP contribution in [0.15, 0.2) is 30.3 Å². The zero-order valence-corrected chi connectivity index (χ0v) is 12.5. The number of ether oxygens (including phenoxy) is 1. The Balaban J connectivity index is 2.18. The minimum atomic E-state index is 0.474. The number of nitrogens with zero attached hydrogens (tertiary/aromatic N) is 2. The minimum absolute atomic E-state index is 0.474. The highest BCUT2D eigenvalue weighted by Crippen LogP contribution is 2.27. The molecule has 2 rings (SSSR count). The number of aryl methyl sites for hydroxylation is 1. The first kappa shape index (κ1) is 14.5. The number of aromatic nitrogens is 2. The van der Waals surface area contributed by atoms with Crippen LogP contribution < -0.4 is 10.1 Å². The monoisotopic (exact) mass is 271 g/mol. The van der Waals surface area contributed by atoms with Crippen molar-refractivity contribution in [2.24, 2.45) is 0 Å². The predicted molar refractivity (Wildman–Crippen MR) is 80.1 cm³/mol. The smallest absolute Gasteiger partial charge is 0.238 e. The molecule has 20 heavy (non-hydrogen) atoms. The molecule has 0 saturated carbocycles. The lowest BCUT2D eigenvalue weighted by Crippen LogP contribution is -2.07. The highest BCUT2D eigenvalue weighted by Gasteiger charge is 2.07. The Bertz CT molecular complexity index is 564. The fourth-order valence-electron chi connectivity index (χ4n) is 1.88. The number of rotatable bonds is 5. The van der Waals surface area contributed by atoms with Gasteiger partial charge in [0.15, 0.2) is 0 Å². The number of nitrogens with one attached hydrogen (secondary N) is 1. The van der Waals surface area contributed by atoms with E-state index in [9.17, 15) is 0 Å². The van der Waals surface area contributed by atoms with Crippen LogP contribution in [0.2, 0.25) is 0 Å². The summed E-state index contributed by atoms with van der Waals surface area (Å²) in [5.41, 5.74) is 3.24. The van der Waals surface area contributed by atoms with Gasteiger partial charge >= 0.3 is 0 Å². The molecule has 0 amide bonds. The highest BCUT2D eigenvalue weighted by molar-refractivity contribution is 5.39. The van der Waals surface area contributed by atoms with Gasteiger partial charge < -0.3 is 10.1 Å². The average molecular weight is 271 g/mol. The molecule has 4 nitrogen and oxygen atoms in total. The largest absolute Gasteiger partial charge is 0.437 e. The first-order valence-electron chi connectivity index (χ1n) is 6.85. The molecular weight excluding hydrogens is 250 g/mol. The molecule has 0 aliphatic heterocycles. The Labute approximate surface area is 120 Å². The van der Waals surface area contributed by atoms with E-state index in [1.807, 2.05) is 26.1 Å². The lowest BCUT2D eigenvalue weighted by molar-refractivity contribution is 0.449. The fraction of sp³-hybridized carbons (Fsp3) is 0.375. The highest BCUT2D eigenvalue weighted by atomic mass is 16.5. The third kappa shape index (κ3) is 3.54. The summed E-state index contributed by atoms with van der Waals surface area (Å²) in [5, 5.41) is 11.2. The maximum Gasteiger partial charge on any atom is 0.238 e. The Morgan fingerprint density at radius 2 is 1.95 bits per heavy atom. The first-order valence-corrected chi connectivity index (χ1v) is 6.85. The molecule has 1 heterocycles. The van der Waals surface area contributed by atoms with Crippen molar-refractivity contribution in [1.29, 1.82) is 0 Å². The zero-order chi connectivity index (χ0) is 14.5. The van der Waals surface area contributed by atoms with Gasteiger partial charge in [-0.1, -0.05) is 26.0 Å². The van der Waals surface area contributed by atoms with Gasteiger partial charge in [-0.25, -0.2) is 0 Å². The summed E-state index contributed by atoms with van der Waals surface area (Å²) in [7, 11) is 1.88. The molecule has 0 saturated heterocycles. The summed E-state index contributed by atoms with van der Waals surface area (Å²) >= 11 is 0. The molecule has 1 N–H and O–H groups in total. The maximum atomic E-state index is 5.84. The van der Waals surface area contributed by atoms with Gasteiger partial charge in [0.05, 0.1) is 5.69 Å². The van der Waals surface area contributed by atoms with Gasteiger partial charge in [0.1, 0.15) is 5.75 Å². The van der Waals surface area contributed by atoms with E-state index >= 15 is 0 Å². The van der Waals surface area contributed by atoms with Crippen molar-refractivity contribution in [2.45, 2.75) is 33.2 Å². The van der Waals surface area contributed by atoms with Gasteiger partial charge in [0.25, 0.3) is 0 Å². The van der Waals surface area contributed by atoms with Crippen molar-refractivity contribution in [3.63, 3.8) is 0 Å². The third-order valence-electron chi connectivity index (χ3n) is 3.15. The molecule has 4 heteroatoms. The van der Waals surface area contributed by atoms with E-state index in [0.29, 0.717) is 18.3 Å². The minimum Gasteiger partial charge on any atom is -0.437 e. The quantitative estimate of drug-likeness (QED) is 0.905. The molecule has 0 atom stereocenters. The third-order valence-corrected chi connectivity index (χ3v) is 3.15. The van der Waals surface area contributed by atoms with Crippen molar-refractivity contribution in [3.8, 4) is 11.6 Å². The molecule has 0 bridgehead atoms. The second-order valence-corrected chi connectivity index (χ2v) is 5.17. The van der Waals surface area contributed by atoms with E-state index in [2.05, 4.69) is 47.6 Å². The Hall–Kier alpha value is -1.94. The predicted octanol–water partition coefficient (Wildman–Crippen LogP) is 3.42. The van der Waals surface area contributed by atoms with Crippen molar-refractivity contribution in [2.75, 3.05) is 7.05 Å². The summed E-state index contributed by atoms with van der Waals surface area (Å²) < 4.78 is 5.84. The van der Waals surface area contributed by atoms with Crippen LogP contribution in [0, 0.1) is 6.92 Å². The summed E-state index contributed by atoms with van der Waals surface area (Å²) in [6.07, 6.45) is 0. The molecule has 2 aromatic rings. The Morgan fingerprint density at radius 1 is 1.15 bits per heavy atom. The Kier molecular flexibility index (Phi) is 4.69. The second kappa shape index (κ2) is 6.48. The van der Waals surface area contributed by atoms with Crippen LogP contribution in [0.3, 0.4) is 0 Å². The number of benzene rings is 1. The normalized spacial score (nSPS) is 10.8. The summed E-state index contributed by atoms with van der Waals surface area (Å²) in [6, 6.07) is 10.0. The Morgan fingerprint density at radius 3 is 2.55 bits per heavy atom. The lowest BCUT2D eigenvalue weighted by Gasteiger charge is -2.11. The molecule has 0 unspecified atom stereocenters. The standard InChI is InChI=1S/C16H21N3O/c1-11(2)13-6-5-12(3)15(9-13)20-16-8-7-14(10-17-4)18-19-16/h5-9,11,17H,10H2,1-4H3. The molecule has 0 aliphatic carbocycles. The molecular formula is C16H21N3O. The molecule has 0 radical (unpaired) electrons. The van der Waals surface area contributed by atoms with Crippen LogP contribution in [0.1, 0.15) is 36.6 Å². The van der Waals surface area contributed by atoms with Crippen molar-refractivity contribution in [1.82, 2.24) is 15.5 Å². The van der Waals surface area contributed by atoms with Gasteiger partial charge in [-0.3, -0.25) is 0 Å². The molecule has 0 fully saturated rings. The van der Waals surface area contributed by atoms with Crippen molar-refractivity contribution in [3.05, 3.63) is 47.2 Å². The van der Waals surface area contributed by atoms with E-state index in [1.54, 1.807) is 0 Å². The first-order chi connectivity index (χ1) is 9.60. The summed E-state index contributed by atoms with van der Waals surface area (Å²) in [6.45, 7) is 7.07. The zero-order valence-electron chi connectivity index (χ0n) is 12.5. The van der Waals surface area contributed by atoms with Gasteiger partial charge in [-0.05, 0) is 43.1 Å². The molecule has 106 valence electrons. The molecule has 0 aliphatic rings. The van der Waals surface area contributed by atoms with Crippen LogP contribution in [0.5, 0.6) is 11.6 Å². The van der Waals surface area contributed by atoms with Crippen LogP contribution in [0.25, 0.3) is 0 Å². The van der Waals surface area contributed by atoms with E-state index in [-0.39, 0.29) is 0 Å². The molecule has 0 spiro atoms. The number of hydrogen-bond acceptors (Lipinski definition) is 4. The van der Waals surface area contributed by atoms with E-state index in [0.717, 1.165) is 17.0 Å². The number of hydrogen-bond donors (Lipinski definition) is 1. The summed E-state index contributed by atoms with van der Waals surface area (Å²) in [4.78, 5) is 0. The van der Waals surface area contributed by atoms with Crippen molar-refractivity contribution >= 4 is 0 Å². The van der Waals surface area contributed by atoms with Crippen LogP contribution in [-0.4, -0.2) is 17.2 Å².